The average Bonchev–Trinajstić information content (AvgIpc) is 2.44. The van der Waals surface area contributed by atoms with E-state index in [-0.39, 0.29) is 5.88 Å². The minimum Gasteiger partial charge on any atom is -0.468 e. The van der Waals surface area contributed by atoms with E-state index in [1.54, 1.807) is 18.3 Å². The van der Waals surface area contributed by atoms with Gasteiger partial charge in [-0.25, -0.2) is 15.0 Å². The SMILES string of the molecule is FC(F)(F)COc1ccc(NCc2ccncn2)cn1. The van der Waals surface area contributed by atoms with Crippen molar-refractivity contribution in [3.05, 3.63) is 42.6 Å². The zero-order valence-electron chi connectivity index (χ0n) is 10.3. The smallest absolute Gasteiger partial charge is 0.422 e. The third-order valence-corrected chi connectivity index (χ3v) is 2.24. The van der Waals surface area contributed by atoms with E-state index in [1.807, 2.05) is 0 Å². The van der Waals surface area contributed by atoms with Crippen LogP contribution in [0.2, 0.25) is 0 Å². The van der Waals surface area contributed by atoms with E-state index in [2.05, 4.69) is 25.0 Å². The van der Waals surface area contributed by atoms with E-state index in [0.717, 1.165) is 5.69 Å². The van der Waals surface area contributed by atoms with Crippen molar-refractivity contribution in [2.45, 2.75) is 12.7 Å². The minimum absolute atomic E-state index is 0.0742. The summed E-state index contributed by atoms with van der Waals surface area (Å²) < 4.78 is 40.4. The van der Waals surface area contributed by atoms with Crippen LogP contribution in [0.1, 0.15) is 5.69 Å². The van der Waals surface area contributed by atoms with Gasteiger partial charge in [-0.05, 0) is 12.1 Å². The fourth-order valence-electron chi connectivity index (χ4n) is 1.34. The first-order valence-corrected chi connectivity index (χ1v) is 5.67. The molecule has 0 amide bonds. The monoisotopic (exact) mass is 284 g/mol. The van der Waals surface area contributed by atoms with Gasteiger partial charge >= 0.3 is 6.18 Å². The average molecular weight is 284 g/mol. The Morgan fingerprint density at radius 3 is 2.60 bits per heavy atom. The quantitative estimate of drug-likeness (QED) is 0.913. The number of halogens is 3. The molecule has 2 aromatic heterocycles. The lowest BCUT2D eigenvalue weighted by molar-refractivity contribution is -0.154. The van der Waals surface area contributed by atoms with Crippen LogP contribution >= 0.6 is 0 Å². The van der Waals surface area contributed by atoms with Crippen molar-refractivity contribution < 1.29 is 17.9 Å². The van der Waals surface area contributed by atoms with E-state index in [4.69, 9.17) is 0 Å². The molecule has 20 heavy (non-hydrogen) atoms. The van der Waals surface area contributed by atoms with Crippen LogP contribution in [-0.2, 0) is 6.54 Å². The fourth-order valence-corrected chi connectivity index (χ4v) is 1.34. The van der Waals surface area contributed by atoms with Gasteiger partial charge in [0.2, 0.25) is 5.88 Å². The number of hydrogen-bond acceptors (Lipinski definition) is 5. The van der Waals surface area contributed by atoms with Crippen LogP contribution in [0.3, 0.4) is 0 Å². The summed E-state index contributed by atoms with van der Waals surface area (Å²) in [5.41, 5.74) is 1.44. The Morgan fingerprint density at radius 2 is 2.00 bits per heavy atom. The van der Waals surface area contributed by atoms with Gasteiger partial charge in [0.1, 0.15) is 6.33 Å². The Balaban J connectivity index is 1.85. The molecule has 0 saturated carbocycles. The van der Waals surface area contributed by atoms with Crippen molar-refractivity contribution in [2.75, 3.05) is 11.9 Å². The zero-order chi connectivity index (χ0) is 14.4. The van der Waals surface area contributed by atoms with Gasteiger partial charge in [-0.3, -0.25) is 0 Å². The second-order valence-electron chi connectivity index (χ2n) is 3.84. The van der Waals surface area contributed by atoms with Crippen LogP contribution in [-0.4, -0.2) is 27.7 Å². The van der Waals surface area contributed by atoms with Crippen molar-refractivity contribution in [2.24, 2.45) is 0 Å². The molecule has 0 aliphatic heterocycles. The Hall–Kier alpha value is -2.38. The largest absolute Gasteiger partial charge is 0.468 e. The molecule has 2 aromatic rings. The number of aromatic nitrogens is 3. The van der Waals surface area contributed by atoms with Gasteiger partial charge in [0.25, 0.3) is 0 Å². The fraction of sp³-hybridized carbons (Fsp3) is 0.250. The molecule has 0 radical (unpaired) electrons. The Bertz CT molecular complexity index is 531. The van der Waals surface area contributed by atoms with Gasteiger partial charge in [-0.15, -0.1) is 0 Å². The molecular formula is C12H11F3N4O. The molecule has 106 valence electrons. The van der Waals surface area contributed by atoms with Crippen molar-refractivity contribution in [3.8, 4) is 5.88 Å². The molecule has 0 atom stereocenters. The van der Waals surface area contributed by atoms with Crippen molar-refractivity contribution in [1.29, 1.82) is 0 Å². The normalized spacial score (nSPS) is 11.2. The molecule has 2 heterocycles. The predicted octanol–water partition coefficient (Wildman–Crippen LogP) is 2.42. The summed E-state index contributed by atoms with van der Waals surface area (Å²) in [7, 11) is 0. The number of hydrogen-bond donors (Lipinski definition) is 1. The molecule has 0 aliphatic rings. The number of alkyl halides is 3. The van der Waals surface area contributed by atoms with Gasteiger partial charge in [0.05, 0.1) is 24.1 Å². The first kappa shape index (κ1) is 14.0. The molecule has 0 aliphatic carbocycles. The van der Waals surface area contributed by atoms with Gasteiger partial charge in [-0.2, -0.15) is 13.2 Å². The molecular weight excluding hydrogens is 273 g/mol. The summed E-state index contributed by atoms with van der Waals surface area (Å²) in [5, 5.41) is 3.03. The number of rotatable bonds is 5. The summed E-state index contributed by atoms with van der Waals surface area (Å²) >= 11 is 0. The summed E-state index contributed by atoms with van der Waals surface area (Å²) in [5.74, 6) is -0.0742. The van der Waals surface area contributed by atoms with Crippen LogP contribution in [0.25, 0.3) is 0 Å². The van der Waals surface area contributed by atoms with Crippen LogP contribution in [0.5, 0.6) is 5.88 Å². The number of ether oxygens (including phenoxy) is 1. The summed E-state index contributed by atoms with van der Waals surface area (Å²) in [4.78, 5) is 11.6. The van der Waals surface area contributed by atoms with Gasteiger partial charge in [0.15, 0.2) is 6.61 Å². The molecule has 0 saturated heterocycles. The van der Waals surface area contributed by atoms with Gasteiger partial charge < -0.3 is 10.1 Å². The maximum Gasteiger partial charge on any atom is 0.422 e. The number of nitrogens with zero attached hydrogens (tertiary/aromatic N) is 3. The third kappa shape index (κ3) is 4.71. The van der Waals surface area contributed by atoms with Crippen LogP contribution in [0.15, 0.2) is 36.9 Å². The first-order chi connectivity index (χ1) is 9.53. The summed E-state index contributed by atoms with van der Waals surface area (Å²) in [6, 6.07) is 4.70. The Labute approximate surface area is 112 Å². The molecule has 0 fully saturated rings. The van der Waals surface area contributed by atoms with Crippen molar-refractivity contribution >= 4 is 5.69 Å². The van der Waals surface area contributed by atoms with Gasteiger partial charge in [0, 0.05) is 12.3 Å². The molecule has 2 rings (SSSR count). The standard InChI is InChI=1S/C12H11F3N4O/c13-12(14,15)7-20-11-2-1-9(6-18-11)17-5-10-3-4-16-8-19-10/h1-4,6,8,17H,5,7H2. The van der Waals surface area contributed by atoms with E-state index < -0.39 is 12.8 Å². The Morgan fingerprint density at radius 1 is 1.15 bits per heavy atom. The lowest BCUT2D eigenvalue weighted by atomic mass is 10.3. The maximum atomic E-state index is 12.0. The number of anilines is 1. The predicted molar refractivity (Wildman–Crippen MR) is 65.1 cm³/mol. The lowest BCUT2D eigenvalue weighted by Gasteiger charge is -2.09. The maximum absolute atomic E-state index is 12.0. The second-order valence-corrected chi connectivity index (χ2v) is 3.84. The van der Waals surface area contributed by atoms with E-state index in [0.29, 0.717) is 12.2 Å². The highest BCUT2D eigenvalue weighted by Gasteiger charge is 2.28. The van der Waals surface area contributed by atoms with Crippen molar-refractivity contribution in [3.63, 3.8) is 0 Å². The third-order valence-electron chi connectivity index (χ3n) is 2.24. The van der Waals surface area contributed by atoms with Crippen LogP contribution in [0, 0.1) is 0 Å². The van der Waals surface area contributed by atoms with Crippen LogP contribution in [0.4, 0.5) is 18.9 Å². The molecule has 8 heteroatoms. The number of nitrogens with one attached hydrogen (secondary N) is 1. The summed E-state index contributed by atoms with van der Waals surface area (Å²) in [6.45, 7) is -0.888. The zero-order valence-corrected chi connectivity index (χ0v) is 10.3. The molecule has 5 nitrogen and oxygen atoms in total. The molecule has 0 spiro atoms. The van der Waals surface area contributed by atoms with Crippen molar-refractivity contribution in [1.82, 2.24) is 15.0 Å². The number of pyridine rings is 1. The highest BCUT2D eigenvalue weighted by Crippen LogP contribution is 2.18. The van der Waals surface area contributed by atoms with Gasteiger partial charge in [-0.1, -0.05) is 0 Å². The van der Waals surface area contributed by atoms with E-state index >= 15 is 0 Å². The highest BCUT2D eigenvalue weighted by molar-refractivity contribution is 5.42. The Kier molecular flexibility index (Phi) is 4.34. The second kappa shape index (κ2) is 6.18. The first-order valence-electron chi connectivity index (χ1n) is 5.67. The van der Waals surface area contributed by atoms with E-state index in [1.165, 1.54) is 18.6 Å². The minimum atomic E-state index is -4.37. The highest BCUT2D eigenvalue weighted by atomic mass is 19.4. The van der Waals surface area contributed by atoms with Crippen LogP contribution < -0.4 is 10.1 Å². The topological polar surface area (TPSA) is 59.9 Å². The molecule has 1 N–H and O–H groups in total. The molecule has 0 aromatic carbocycles. The molecule has 0 bridgehead atoms. The molecule has 0 unspecified atom stereocenters. The van der Waals surface area contributed by atoms with E-state index in [9.17, 15) is 13.2 Å². The lowest BCUT2D eigenvalue weighted by Crippen LogP contribution is -2.19. The summed E-state index contributed by atoms with van der Waals surface area (Å²) in [6.07, 6.45) is 0.0815.